The van der Waals surface area contributed by atoms with Crippen molar-refractivity contribution in [3.63, 3.8) is 0 Å². The van der Waals surface area contributed by atoms with Gasteiger partial charge in [0.2, 0.25) is 0 Å². The van der Waals surface area contributed by atoms with E-state index in [1.165, 1.54) is 93.9 Å². The second kappa shape index (κ2) is 14.6. The molecule has 0 unspecified atom stereocenters. The first-order valence-electron chi connectivity index (χ1n) is 21.9. The first kappa shape index (κ1) is 36.9. The van der Waals surface area contributed by atoms with Crippen molar-refractivity contribution in [2.45, 2.75) is 19.3 Å². The molecule has 0 bridgehead atoms. The van der Waals surface area contributed by atoms with E-state index in [4.69, 9.17) is 0 Å². The number of benzene rings is 10. The normalized spacial score (nSPS) is 12.7. The molecule has 12 rings (SSSR count). The molecule has 1 heterocycles. The minimum atomic E-state index is -0.0928. The van der Waals surface area contributed by atoms with E-state index >= 15 is 0 Å². The van der Waals surface area contributed by atoms with Gasteiger partial charge in [-0.05, 0) is 128 Å². The van der Waals surface area contributed by atoms with Gasteiger partial charge in [0.15, 0.2) is 0 Å². The molecular weight excluding hydrogens is 761 g/mol. The van der Waals surface area contributed by atoms with Gasteiger partial charge in [0.05, 0.1) is 16.7 Å². The van der Waals surface area contributed by atoms with Crippen LogP contribution in [0.5, 0.6) is 0 Å². The molecule has 0 fully saturated rings. The summed E-state index contributed by atoms with van der Waals surface area (Å²) in [7, 11) is 0. The smallest absolute Gasteiger partial charge is 0.0541 e. The molecule has 2 nitrogen and oxygen atoms in total. The molecule has 298 valence electrons. The molecule has 0 saturated carbocycles. The molecule has 2 heteroatoms. The number of hydrogen-bond acceptors (Lipinski definition) is 1. The molecule has 63 heavy (non-hydrogen) atoms. The highest BCUT2D eigenvalue weighted by Gasteiger charge is 2.37. The average molecular weight is 805 g/mol. The standard InChI is InChI=1S/C61H44N2/c1-61(2)55-23-11-8-21-53(55)60-52(22-14-24-56(60)61)50-19-9-12-25-57(50)62(48-34-29-42(30-35-48)45-28-27-41-15-6-7-16-44(41)39-45)49-36-31-43(32-37-49)46-33-38-59-54(40-46)51-20-10-13-26-58(51)63(59)47-17-4-3-5-18-47/h3-40H,1-2H3. The highest BCUT2D eigenvalue weighted by Crippen LogP contribution is 2.54. The van der Waals surface area contributed by atoms with Crippen LogP contribution in [0.3, 0.4) is 0 Å². The van der Waals surface area contributed by atoms with E-state index in [-0.39, 0.29) is 5.41 Å². The zero-order chi connectivity index (χ0) is 42.1. The third kappa shape index (κ3) is 6.02. The molecule has 1 aliphatic rings. The van der Waals surface area contributed by atoms with Crippen LogP contribution in [0.15, 0.2) is 231 Å². The molecule has 0 radical (unpaired) electrons. The summed E-state index contributed by atoms with van der Waals surface area (Å²) in [5.41, 5.74) is 19.4. The summed E-state index contributed by atoms with van der Waals surface area (Å²) >= 11 is 0. The molecule has 1 aliphatic carbocycles. The molecular formula is C61H44N2. The quantitative estimate of drug-likeness (QED) is 0.156. The maximum atomic E-state index is 2.44. The van der Waals surface area contributed by atoms with Crippen molar-refractivity contribution >= 4 is 49.6 Å². The highest BCUT2D eigenvalue weighted by atomic mass is 15.1. The van der Waals surface area contributed by atoms with Crippen LogP contribution in [-0.2, 0) is 5.41 Å². The van der Waals surface area contributed by atoms with Crippen molar-refractivity contribution in [3.05, 3.63) is 242 Å². The second-order valence-electron chi connectivity index (χ2n) is 17.3. The van der Waals surface area contributed by atoms with Crippen molar-refractivity contribution in [3.8, 4) is 50.2 Å². The van der Waals surface area contributed by atoms with Crippen LogP contribution >= 0.6 is 0 Å². The van der Waals surface area contributed by atoms with Gasteiger partial charge >= 0.3 is 0 Å². The van der Waals surface area contributed by atoms with E-state index in [1.54, 1.807) is 0 Å². The Morgan fingerprint density at radius 1 is 0.365 bits per heavy atom. The lowest BCUT2D eigenvalue weighted by Gasteiger charge is -2.29. The average Bonchev–Trinajstić information content (AvgIpc) is 3.80. The number of anilines is 3. The summed E-state index contributed by atoms with van der Waals surface area (Å²) in [5.74, 6) is 0. The summed E-state index contributed by atoms with van der Waals surface area (Å²) in [6.07, 6.45) is 0. The Bertz CT molecular complexity index is 3520. The minimum absolute atomic E-state index is 0.0928. The maximum Gasteiger partial charge on any atom is 0.0541 e. The number of fused-ring (bicyclic) bond motifs is 7. The van der Waals surface area contributed by atoms with E-state index < -0.39 is 0 Å². The van der Waals surface area contributed by atoms with Gasteiger partial charge in [-0.15, -0.1) is 0 Å². The second-order valence-corrected chi connectivity index (χ2v) is 17.3. The number of rotatable bonds is 7. The van der Waals surface area contributed by atoms with Crippen LogP contribution in [-0.4, -0.2) is 4.57 Å². The van der Waals surface area contributed by atoms with Gasteiger partial charge in [-0.3, -0.25) is 0 Å². The van der Waals surface area contributed by atoms with Crippen LogP contribution in [0, 0.1) is 0 Å². The number of para-hydroxylation sites is 3. The molecule has 0 spiro atoms. The Labute approximate surface area is 368 Å². The molecule has 0 aliphatic heterocycles. The summed E-state index contributed by atoms with van der Waals surface area (Å²) in [6, 6.07) is 84.6. The fourth-order valence-corrected chi connectivity index (χ4v) is 10.3. The van der Waals surface area contributed by atoms with E-state index in [2.05, 4.69) is 254 Å². The highest BCUT2D eigenvalue weighted by molar-refractivity contribution is 6.10. The lowest BCUT2D eigenvalue weighted by Crippen LogP contribution is -2.14. The molecule has 0 amide bonds. The summed E-state index contributed by atoms with van der Waals surface area (Å²) in [6.45, 7) is 4.72. The number of nitrogens with zero attached hydrogens (tertiary/aromatic N) is 2. The maximum absolute atomic E-state index is 2.44. The summed E-state index contributed by atoms with van der Waals surface area (Å²) in [4.78, 5) is 2.44. The van der Waals surface area contributed by atoms with Gasteiger partial charge in [0.1, 0.15) is 0 Å². The van der Waals surface area contributed by atoms with Crippen LogP contribution < -0.4 is 4.90 Å². The van der Waals surface area contributed by atoms with Crippen LogP contribution in [0.1, 0.15) is 25.0 Å². The van der Waals surface area contributed by atoms with Crippen molar-refractivity contribution in [2.24, 2.45) is 0 Å². The summed E-state index contributed by atoms with van der Waals surface area (Å²) in [5, 5.41) is 5.00. The number of aromatic nitrogens is 1. The van der Waals surface area contributed by atoms with E-state index in [9.17, 15) is 0 Å². The Morgan fingerprint density at radius 3 is 1.70 bits per heavy atom. The third-order valence-electron chi connectivity index (χ3n) is 13.4. The van der Waals surface area contributed by atoms with E-state index in [0.717, 1.165) is 17.1 Å². The Morgan fingerprint density at radius 2 is 0.921 bits per heavy atom. The van der Waals surface area contributed by atoms with Crippen molar-refractivity contribution < 1.29 is 0 Å². The monoisotopic (exact) mass is 804 g/mol. The minimum Gasteiger partial charge on any atom is -0.310 e. The lowest BCUT2D eigenvalue weighted by atomic mass is 9.82. The topological polar surface area (TPSA) is 8.17 Å². The van der Waals surface area contributed by atoms with Crippen LogP contribution in [0.4, 0.5) is 17.1 Å². The van der Waals surface area contributed by atoms with Crippen LogP contribution in [0.2, 0.25) is 0 Å². The molecule has 11 aromatic rings. The molecule has 0 N–H and O–H groups in total. The SMILES string of the molecule is CC1(C)c2ccccc2-c2c(-c3ccccc3N(c3ccc(-c4ccc5ccccc5c4)cc3)c3ccc(-c4ccc5c(c4)c4ccccc4n5-c4ccccc4)cc3)cccc21. The van der Waals surface area contributed by atoms with Crippen LogP contribution in [0.25, 0.3) is 82.8 Å². The van der Waals surface area contributed by atoms with Gasteiger partial charge in [-0.2, -0.15) is 0 Å². The first-order chi connectivity index (χ1) is 31.0. The van der Waals surface area contributed by atoms with Gasteiger partial charge in [-0.1, -0.05) is 178 Å². The predicted molar refractivity (Wildman–Crippen MR) is 267 cm³/mol. The first-order valence-corrected chi connectivity index (χ1v) is 21.9. The third-order valence-corrected chi connectivity index (χ3v) is 13.4. The largest absolute Gasteiger partial charge is 0.310 e. The van der Waals surface area contributed by atoms with Crippen molar-refractivity contribution in [1.82, 2.24) is 4.57 Å². The molecule has 0 saturated heterocycles. The summed E-state index contributed by atoms with van der Waals surface area (Å²) < 4.78 is 2.37. The van der Waals surface area contributed by atoms with Gasteiger partial charge in [0.25, 0.3) is 0 Å². The fourth-order valence-electron chi connectivity index (χ4n) is 10.3. The van der Waals surface area contributed by atoms with Crippen molar-refractivity contribution in [2.75, 3.05) is 4.90 Å². The fraction of sp³-hybridized carbons (Fsp3) is 0.0492. The Kier molecular flexibility index (Phi) is 8.55. The van der Waals surface area contributed by atoms with Crippen molar-refractivity contribution in [1.29, 1.82) is 0 Å². The Hall–Kier alpha value is -7.94. The number of hydrogen-bond donors (Lipinski definition) is 0. The zero-order valence-electron chi connectivity index (χ0n) is 35.3. The van der Waals surface area contributed by atoms with Gasteiger partial charge in [-0.25, -0.2) is 0 Å². The molecule has 1 aromatic heterocycles. The lowest BCUT2D eigenvalue weighted by molar-refractivity contribution is 0.660. The molecule has 0 atom stereocenters. The molecule has 10 aromatic carbocycles. The van der Waals surface area contributed by atoms with Gasteiger partial charge in [0, 0.05) is 38.8 Å². The van der Waals surface area contributed by atoms with E-state index in [1.807, 2.05) is 0 Å². The predicted octanol–water partition coefficient (Wildman–Crippen LogP) is 16.7. The van der Waals surface area contributed by atoms with E-state index in [0.29, 0.717) is 0 Å². The van der Waals surface area contributed by atoms with Gasteiger partial charge < -0.3 is 9.47 Å². The zero-order valence-corrected chi connectivity index (χ0v) is 35.3. The Balaban J connectivity index is 0.993.